The molecule has 2 heterocycles. The zero-order chi connectivity index (χ0) is 18.5. The topological polar surface area (TPSA) is 59.3 Å². The van der Waals surface area contributed by atoms with Crippen molar-refractivity contribution in [3.05, 3.63) is 47.7 Å². The summed E-state index contributed by atoms with van der Waals surface area (Å²) in [6.45, 7) is 2.93. The summed E-state index contributed by atoms with van der Waals surface area (Å²) in [6, 6.07) is 12.4. The van der Waals surface area contributed by atoms with Crippen molar-refractivity contribution in [3.8, 4) is 6.07 Å². The molecule has 0 saturated carbocycles. The van der Waals surface area contributed by atoms with E-state index in [2.05, 4.69) is 39.0 Å². The van der Waals surface area contributed by atoms with Gasteiger partial charge in [0.15, 0.2) is 0 Å². The van der Waals surface area contributed by atoms with Gasteiger partial charge in [0.25, 0.3) is 0 Å². The van der Waals surface area contributed by atoms with E-state index < -0.39 is 0 Å². The molecule has 0 bridgehead atoms. The monoisotopic (exact) mass is 350 g/mol. The Morgan fingerprint density at radius 3 is 2.88 bits per heavy atom. The highest BCUT2D eigenvalue weighted by Gasteiger charge is 2.25. The largest absolute Gasteiger partial charge is 0.363 e. The molecule has 1 atom stereocenters. The summed E-state index contributed by atoms with van der Waals surface area (Å²) >= 11 is 0. The lowest BCUT2D eigenvalue weighted by Crippen LogP contribution is -2.46. The average molecular weight is 350 g/mol. The van der Waals surface area contributed by atoms with Crippen LogP contribution in [0.25, 0.3) is 0 Å². The predicted octanol–water partition coefficient (Wildman–Crippen LogP) is 2.52. The maximum Gasteiger partial charge on any atom is 0.227 e. The van der Waals surface area contributed by atoms with Crippen LogP contribution in [0.15, 0.2) is 36.5 Å². The van der Waals surface area contributed by atoms with Crippen LogP contribution >= 0.6 is 0 Å². The van der Waals surface area contributed by atoms with Crippen molar-refractivity contribution in [2.24, 2.45) is 0 Å². The number of rotatable bonds is 5. The third-order valence-electron chi connectivity index (χ3n) is 4.89. The fourth-order valence-corrected chi connectivity index (χ4v) is 3.41. The van der Waals surface area contributed by atoms with E-state index >= 15 is 0 Å². The van der Waals surface area contributed by atoms with Crippen molar-refractivity contribution in [2.75, 3.05) is 44.0 Å². The van der Waals surface area contributed by atoms with Crippen LogP contribution in [0, 0.1) is 11.3 Å². The number of likely N-dealkylation sites (N-methyl/N-ethyl adjacent to an activating group) is 1. The van der Waals surface area contributed by atoms with E-state index in [4.69, 9.17) is 5.26 Å². The molecule has 1 saturated heterocycles. The highest BCUT2D eigenvalue weighted by atomic mass is 15.3. The zero-order valence-electron chi connectivity index (χ0n) is 15.8. The number of aromatic nitrogens is 2. The first kappa shape index (κ1) is 18.2. The third-order valence-corrected chi connectivity index (χ3v) is 4.89. The summed E-state index contributed by atoms with van der Waals surface area (Å²) in [4.78, 5) is 15.8. The van der Waals surface area contributed by atoms with Crippen LogP contribution in [0.3, 0.4) is 0 Å². The highest BCUT2D eigenvalue weighted by Crippen LogP contribution is 2.21. The van der Waals surface area contributed by atoms with Crippen LogP contribution in [0.1, 0.15) is 24.0 Å². The summed E-state index contributed by atoms with van der Waals surface area (Å²) in [5.74, 6) is 1.69. The molecule has 3 rings (SSSR count). The van der Waals surface area contributed by atoms with Crippen LogP contribution in [-0.4, -0.2) is 55.1 Å². The quantitative estimate of drug-likeness (QED) is 0.826. The van der Waals surface area contributed by atoms with Crippen molar-refractivity contribution in [2.45, 2.75) is 25.4 Å². The van der Waals surface area contributed by atoms with Crippen molar-refractivity contribution in [1.29, 1.82) is 5.26 Å². The lowest BCUT2D eigenvalue weighted by molar-refractivity contribution is 0.198. The first-order valence-electron chi connectivity index (χ1n) is 9.01. The van der Waals surface area contributed by atoms with Crippen molar-refractivity contribution in [1.82, 2.24) is 14.9 Å². The Morgan fingerprint density at radius 2 is 2.12 bits per heavy atom. The van der Waals surface area contributed by atoms with Gasteiger partial charge in [0, 0.05) is 46.5 Å². The third kappa shape index (κ3) is 4.30. The van der Waals surface area contributed by atoms with E-state index in [0.717, 1.165) is 49.8 Å². The van der Waals surface area contributed by atoms with E-state index in [9.17, 15) is 0 Å². The fourth-order valence-electron chi connectivity index (χ4n) is 3.41. The van der Waals surface area contributed by atoms with Crippen LogP contribution in [-0.2, 0) is 6.54 Å². The Balaban J connectivity index is 1.67. The molecule has 26 heavy (non-hydrogen) atoms. The van der Waals surface area contributed by atoms with Gasteiger partial charge in [-0.3, -0.25) is 4.90 Å². The molecule has 1 aromatic carbocycles. The minimum absolute atomic E-state index is 0.389. The summed E-state index contributed by atoms with van der Waals surface area (Å²) in [6.07, 6.45) is 4.11. The Morgan fingerprint density at radius 1 is 1.27 bits per heavy atom. The Bertz CT molecular complexity index is 782. The molecule has 0 aliphatic carbocycles. The Labute approximate surface area is 155 Å². The zero-order valence-corrected chi connectivity index (χ0v) is 15.8. The van der Waals surface area contributed by atoms with Gasteiger partial charge in [0.1, 0.15) is 5.82 Å². The van der Waals surface area contributed by atoms with Gasteiger partial charge < -0.3 is 9.80 Å². The van der Waals surface area contributed by atoms with E-state index in [-0.39, 0.29) is 0 Å². The van der Waals surface area contributed by atoms with Gasteiger partial charge in [-0.15, -0.1) is 0 Å². The number of likely N-dealkylation sites (tertiary alicyclic amines) is 1. The Kier molecular flexibility index (Phi) is 5.69. The standard InChI is InChI=1S/C20H26N6/c1-24(2)19-9-10-22-20(23-19)25(3)18-8-5-11-26(15-18)14-17-7-4-6-16(12-17)13-21/h4,6-7,9-10,12,18H,5,8,11,14-15H2,1-3H3. The molecule has 0 amide bonds. The molecule has 6 heteroatoms. The van der Waals surface area contributed by atoms with E-state index in [1.807, 2.05) is 49.5 Å². The maximum absolute atomic E-state index is 9.08. The van der Waals surface area contributed by atoms with Gasteiger partial charge in [-0.2, -0.15) is 10.2 Å². The highest BCUT2D eigenvalue weighted by molar-refractivity contribution is 5.42. The second-order valence-electron chi connectivity index (χ2n) is 7.06. The first-order valence-corrected chi connectivity index (χ1v) is 9.01. The minimum atomic E-state index is 0.389. The van der Waals surface area contributed by atoms with Gasteiger partial charge in [-0.1, -0.05) is 12.1 Å². The molecular formula is C20H26N6. The normalized spacial score (nSPS) is 17.5. The van der Waals surface area contributed by atoms with Gasteiger partial charge in [-0.25, -0.2) is 4.98 Å². The van der Waals surface area contributed by atoms with Crippen LogP contribution in [0.4, 0.5) is 11.8 Å². The van der Waals surface area contributed by atoms with Crippen LogP contribution in [0.2, 0.25) is 0 Å². The average Bonchev–Trinajstić information content (AvgIpc) is 2.68. The van der Waals surface area contributed by atoms with Crippen molar-refractivity contribution >= 4 is 11.8 Å². The number of nitrogens with zero attached hydrogens (tertiary/aromatic N) is 6. The smallest absolute Gasteiger partial charge is 0.227 e. The number of hydrogen-bond acceptors (Lipinski definition) is 6. The maximum atomic E-state index is 9.08. The molecule has 1 aliphatic heterocycles. The summed E-state index contributed by atoms with van der Waals surface area (Å²) in [5, 5.41) is 9.08. The molecule has 0 radical (unpaired) electrons. The summed E-state index contributed by atoms with van der Waals surface area (Å²) in [7, 11) is 6.06. The molecular weight excluding hydrogens is 324 g/mol. The number of anilines is 2. The lowest BCUT2D eigenvalue weighted by Gasteiger charge is -2.37. The minimum Gasteiger partial charge on any atom is -0.363 e. The van der Waals surface area contributed by atoms with Crippen molar-refractivity contribution in [3.63, 3.8) is 0 Å². The number of benzene rings is 1. The molecule has 1 aliphatic rings. The molecule has 136 valence electrons. The molecule has 0 N–H and O–H groups in total. The first-order chi connectivity index (χ1) is 12.6. The van der Waals surface area contributed by atoms with E-state index in [1.165, 1.54) is 5.56 Å². The predicted molar refractivity (Wildman–Crippen MR) is 104 cm³/mol. The second-order valence-corrected chi connectivity index (χ2v) is 7.06. The molecule has 2 aromatic rings. The van der Waals surface area contributed by atoms with Gasteiger partial charge in [0.2, 0.25) is 5.95 Å². The summed E-state index contributed by atoms with van der Waals surface area (Å²) < 4.78 is 0. The van der Waals surface area contributed by atoms with Crippen LogP contribution < -0.4 is 9.80 Å². The SMILES string of the molecule is CN(C)c1ccnc(N(C)C2CCCN(Cc3cccc(C#N)c3)C2)n1. The van der Waals surface area contributed by atoms with Gasteiger partial charge in [0.05, 0.1) is 11.6 Å². The van der Waals surface area contributed by atoms with E-state index in [0.29, 0.717) is 6.04 Å². The second kappa shape index (κ2) is 8.15. The molecule has 1 aromatic heterocycles. The number of hydrogen-bond donors (Lipinski definition) is 0. The van der Waals surface area contributed by atoms with Gasteiger partial charge >= 0.3 is 0 Å². The van der Waals surface area contributed by atoms with E-state index in [1.54, 1.807) is 0 Å². The molecule has 1 fully saturated rings. The van der Waals surface area contributed by atoms with Crippen molar-refractivity contribution < 1.29 is 0 Å². The molecule has 6 nitrogen and oxygen atoms in total. The number of nitriles is 1. The molecule has 1 unspecified atom stereocenters. The molecule has 0 spiro atoms. The Hall–Kier alpha value is -2.65. The van der Waals surface area contributed by atoms with Crippen LogP contribution in [0.5, 0.6) is 0 Å². The summed E-state index contributed by atoms with van der Waals surface area (Å²) in [5.41, 5.74) is 1.92. The lowest BCUT2D eigenvalue weighted by atomic mass is 10.0. The van der Waals surface area contributed by atoms with Gasteiger partial charge in [-0.05, 0) is 43.1 Å². The number of piperidine rings is 1. The fraction of sp³-hybridized carbons (Fsp3) is 0.450.